The summed E-state index contributed by atoms with van der Waals surface area (Å²) in [5.74, 6) is -0.160. The minimum atomic E-state index is -1.55. The van der Waals surface area contributed by atoms with E-state index in [1.165, 1.54) is 96.3 Å². The van der Waals surface area contributed by atoms with Crippen LogP contribution < -0.4 is 5.32 Å². The van der Waals surface area contributed by atoms with Crippen LogP contribution >= 0.6 is 0 Å². The molecule has 1 saturated heterocycles. The molecule has 0 radical (unpaired) electrons. The van der Waals surface area contributed by atoms with E-state index in [4.69, 9.17) is 9.47 Å². The molecule has 1 rings (SSSR count). The molecule has 7 unspecified atom stereocenters. The third-order valence-corrected chi connectivity index (χ3v) is 10.5. The molecule has 0 aromatic heterocycles. The molecule has 1 aliphatic heterocycles. The van der Waals surface area contributed by atoms with Gasteiger partial charge in [0.05, 0.1) is 25.4 Å². The summed E-state index contributed by atoms with van der Waals surface area (Å²) in [7, 11) is 0. The van der Waals surface area contributed by atoms with Gasteiger partial charge in [-0.1, -0.05) is 166 Å². The Labute approximate surface area is 330 Å². The molecule has 54 heavy (non-hydrogen) atoms. The third kappa shape index (κ3) is 26.3. The molecule has 9 nitrogen and oxygen atoms in total. The zero-order valence-electron chi connectivity index (χ0n) is 34.5. The number of ether oxygens (including phenoxy) is 2. The first kappa shape index (κ1) is 50.4. The topological polar surface area (TPSA) is 149 Å². The van der Waals surface area contributed by atoms with E-state index in [0.29, 0.717) is 12.8 Å². The molecule has 0 aliphatic carbocycles. The van der Waals surface area contributed by atoms with Crippen molar-refractivity contribution in [2.24, 2.45) is 0 Å². The first-order chi connectivity index (χ1) is 26.3. The maximum absolute atomic E-state index is 12.9. The molecule has 7 atom stereocenters. The van der Waals surface area contributed by atoms with Crippen LogP contribution in [0.5, 0.6) is 0 Å². The molecule has 0 spiro atoms. The van der Waals surface area contributed by atoms with E-state index in [0.717, 1.165) is 64.2 Å². The summed E-state index contributed by atoms with van der Waals surface area (Å²) in [5.41, 5.74) is 0. The van der Waals surface area contributed by atoms with E-state index in [1.54, 1.807) is 0 Å². The molecule has 316 valence electrons. The Morgan fingerprint density at radius 3 is 1.61 bits per heavy atom. The third-order valence-electron chi connectivity index (χ3n) is 10.5. The summed E-state index contributed by atoms with van der Waals surface area (Å²) in [6.45, 7) is 3.78. The molecule has 0 saturated carbocycles. The van der Waals surface area contributed by atoms with Crippen molar-refractivity contribution in [1.29, 1.82) is 0 Å². The van der Waals surface area contributed by atoms with Crippen LogP contribution in [-0.2, 0) is 14.3 Å². The number of amides is 1. The van der Waals surface area contributed by atoms with Crippen molar-refractivity contribution in [2.45, 2.75) is 230 Å². The van der Waals surface area contributed by atoms with Gasteiger partial charge in [0.2, 0.25) is 5.91 Å². The zero-order chi connectivity index (χ0) is 39.5. The normalized spacial score (nSPS) is 21.8. The molecule has 9 heteroatoms. The van der Waals surface area contributed by atoms with E-state index in [2.05, 4.69) is 55.6 Å². The van der Waals surface area contributed by atoms with Crippen LogP contribution in [-0.4, -0.2) is 87.5 Å². The number of aliphatic hydroxyl groups is 5. The predicted octanol–water partition coefficient (Wildman–Crippen LogP) is 8.89. The Balaban J connectivity index is 2.31. The molecule has 1 fully saturated rings. The summed E-state index contributed by atoms with van der Waals surface area (Å²) in [6.07, 6.45) is 35.8. The molecule has 6 N–H and O–H groups in total. The fraction of sp³-hybridized carbons (Fsp3) is 0.844. The highest BCUT2D eigenvalue weighted by Crippen LogP contribution is 2.23. The van der Waals surface area contributed by atoms with Crippen LogP contribution in [0.25, 0.3) is 0 Å². The lowest BCUT2D eigenvalue weighted by atomic mass is 9.99. The Kier molecular flexibility index (Phi) is 33.4. The molecular weight excluding hydrogens is 682 g/mol. The van der Waals surface area contributed by atoms with E-state index >= 15 is 0 Å². The molecule has 1 heterocycles. The minimum absolute atomic E-state index is 0.144. The minimum Gasteiger partial charge on any atom is -0.394 e. The molecule has 0 bridgehead atoms. The quantitative estimate of drug-likeness (QED) is 0.0274. The number of carbonyl (C=O) groups excluding carboxylic acids is 1. The Morgan fingerprint density at radius 1 is 0.630 bits per heavy atom. The van der Waals surface area contributed by atoms with Crippen LogP contribution in [0.1, 0.15) is 187 Å². The Morgan fingerprint density at radius 2 is 1.09 bits per heavy atom. The van der Waals surface area contributed by atoms with E-state index < -0.39 is 49.5 Å². The van der Waals surface area contributed by atoms with Gasteiger partial charge in [-0.15, -0.1) is 0 Å². The summed E-state index contributed by atoms with van der Waals surface area (Å²) in [5, 5.41) is 54.2. The number of nitrogens with one attached hydrogen (secondary N) is 1. The highest BCUT2D eigenvalue weighted by molar-refractivity contribution is 5.76. The molecular formula is C45H83NO8. The second kappa shape index (κ2) is 35.8. The van der Waals surface area contributed by atoms with Gasteiger partial charge >= 0.3 is 0 Å². The van der Waals surface area contributed by atoms with Crippen molar-refractivity contribution >= 4 is 5.91 Å². The van der Waals surface area contributed by atoms with Crippen LogP contribution in [0, 0.1) is 0 Å². The van der Waals surface area contributed by atoms with Gasteiger partial charge in [0.1, 0.15) is 24.4 Å². The lowest BCUT2D eigenvalue weighted by molar-refractivity contribution is -0.302. The van der Waals surface area contributed by atoms with E-state index in [-0.39, 0.29) is 12.5 Å². The maximum atomic E-state index is 12.9. The summed E-state index contributed by atoms with van der Waals surface area (Å²) in [6, 6.07) is -0.723. The lowest BCUT2D eigenvalue weighted by Gasteiger charge is -2.40. The largest absolute Gasteiger partial charge is 0.394 e. The average molecular weight is 766 g/mol. The summed E-state index contributed by atoms with van der Waals surface area (Å²) >= 11 is 0. The monoisotopic (exact) mass is 766 g/mol. The molecule has 0 aromatic carbocycles. The molecule has 1 aliphatic rings. The zero-order valence-corrected chi connectivity index (χ0v) is 34.5. The number of hydrogen-bond acceptors (Lipinski definition) is 8. The fourth-order valence-electron chi connectivity index (χ4n) is 6.87. The van der Waals surface area contributed by atoms with Gasteiger partial charge in [0.25, 0.3) is 0 Å². The lowest BCUT2D eigenvalue weighted by Crippen LogP contribution is -2.60. The fourth-order valence-corrected chi connectivity index (χ4v) is 6.87. The van der Waals surface area contributed by atoms with Gasteiger partial charge in [-0.05, 0) is 51.4 Å². The second-order valence-electron chi connectivity index (χ2n) is 15.5. The number of unbranched alkanes of at least 4 members (excludes halogenated alkanes) is 20. The molecule has 0 aromatic rings. The van der Waals surface area contributed by atoms with Gasteiger partial charge in [-0.25, -0.2) is 0 Å². The summed E-state index contributed by atoms with van der Waals surface area (Å²) < 4.78 is 11.2. The number of allylic oxidation sites excluding steroid dienone is 6. The van der Waals surface area contributed by atoms with Gasteiger partial charge in [-0.2, -0.15) is 0 Å². The van der Waals surface area contributed by atoms with Gasteiger partial charge < -0.3 is 40.3 Å². The van der Waals surface area contributed by atoms with Crippen LogP contribution in [0.15, 0.2) is 36.5 Å². The Hall–Kier alpha value is -1.59. The van der Waals surface area contributed by atoms with Crippen LogP contribution in [0.2, 0.25) is 0 Å². The van der Waals surface area contributed by atoms with Crippen molar-refractivity contribution in [3.63, 3.8) is 0 Å². The first-order valence-corrected chi connectivity index (χ1v) is 22.2. The van der Waals surface area contributed by atoms with Crippen molar-refractivity contribution in [1.82, 2.24) is 5.32 Å². The number of hydrogen-bond donors (Lipinski definition) is 6. The average Bonchev–Trinajstić information content (AvgIpc) is 3.17. The maximum Gasteiger partial charge on any atom is 0.220 e. The number of carbonyl (C=O) groups is 1. The highest BCUT2D eigenvalue weighted by Gasteiger charge is 2.44. The smallest absolute Gasteiger partial charge is 0.220 e. The first-order valence-electron chi connectivity index (χ1n) is 22.2. The number of rotatable bonds is 36. The van der Waals surface area contributed by atoms with Crippen molar-refractivity contribution in [2.75, 3.05) is 13.2 Å². The van der Waals surface area contributed by atoms with Crippen molar-refractivity contribution < 1.29 is 39.8 Å². The van der Waals surface area contributed by atoms with E-state index in [1.807, 2.05) is 0 Å². The van der Waals surface area contributed by atoms with Gasteiger partial charge in [-0.3, -0.25) is 4.79 Å². The standard InChI is InChI=1S/C45H83NO8/c1-3-5-7-9-11-13-15-16-17-18-19-20-21-22-23-24-25-27-29-31-33-35-41(49)46-38(37-53-45-44(52)43(51)42(50)40(36-47)54-45)39(48)34-32-30-28-26-14-12-10-8-6-4-2/h15-16,18-19,21-22,38-40,42-45,47-48,50-52H,3-14,17,20,23-37H2,1-2H3,(H,46,49)/b16-15-,19-18-,22-21-. The van der Waals surface area contributed by atoms with Gasteiger partial charge in [0, 0.05) is 6.42 Å². The van der Waals surface area contributed by atoms with Crippen LogP contribution in [0.3, 0.4) is 0 Å². The number of aliphatic hydroxyl groups excluding tert-OH is 5. The van der Waals surface area contributed by atoms with Crippen molar-refractivity contribution in [3.8, 4) is 0 Å². The molecule has 1 amide bonds. The predicted molar refractivity (Wildman–Crippen MR) is 221 cm³/mol. The summed E-state index contributed by atoms with van der Waals surface area (Å²) in [4.78, 5) is 12.9. The van der Waals surface area contributed by atoms with Crippen molar-refractivity contribution in [3.05, 3.63) is 36.5 Å². The SMILES string of the molecule is CCCCCCC/C=C\C/C=C\C/C=C\CCCCCCCCC(=O)NC(COC1OC(CO)C(O)C(O)C1O)C(O)CCCCCCCCCCCC. The Bertz CT molecular complexity index is 941. The highest BCUT2D eigenvalue weighted by atomic mass is 16.7. The van der Waals surface area contributed by atoms with Crippen LogP contribution in [0.4, 0.5) is 0 Å². The van der Waals surface area contributed by atoms with E-state index in [9.17, 15) is 30.3 Å². The second-order valence-corrected chi connectivity index (χ2v) is 15.5. The van der Waals surface area contributed by atoms with Gasteiger partial charge in [0.15, 0.2) is 6.29 Å².